The number of fused-ring (bicyclic) bond motifs is 2. The molecule has 0 spiro atoms. The number of allylic oxidation sites excluding steroid dienone is 2. The van der Waals surface area contributed by atoms with Crippen molar-refractivity contribution in [3.05, 3.63) is 23.8 Å². The minimum absolute atomic E-state index is 0.00104. The van der Waals surface area contributed by atoms with E-state index in [1.165, 1.54) is 11.1 Å². The largest absolute Gasteiger partial charge is 0.465 e. The lowest BCUT2D eigenvalue weighted by Crippen LogP contribution is -2.40. The first-order valence-corrected chi connectivity index (χ1v) is 9.06. The van der Waals surface area contributed by atoms with Gasteiger partial charge >= 0.3 is 5.97 Å². The summed E-state index contributed by atoms with van der Waals surface area (Å²) >= 11 is 0. The van der Waals surface area contributed by atoms with Crippen molar-refractivity contribution < 1.29 is 14.3 Å². The highest BCUT2D eigenvalue weighted by Crippen LogP contribution is 2.49. The molecule has 3 fully saturated rings. The molecule has 2 saturated heterocycles. The third kappa shape index (κ3) is 3.55. The van der Waals surface area contributed by atoms with Gasteiger partial charge in [-0.25, -0.2) is 0 Å². The molecular weight excluding hydrogens is 288 g/mol. The summed E-state index contributed by atoms with van der Waals surface area (Å²) in [5, 5.41) is 0. The molecule has 0 bridgehead atoms. The van der Waals surface area contributed by atoms with Gasteiger partial charge in [0.1, 0.15) is 0 Å². The van der Waals surface area contributed by atoms with Crippen molar-refractivity contribution in [1.29, 1.82) is 0 Å². The predicted molar refractivity (Wildman–Crippen MR) is 91.0 cm³/mol. The number of hydrogen-bond acceptors (Lipinski definition) is 3. The molecule has 0 aromatic carbocycles. The van der Waals surface area contributed by atoms with Crippen LogP contribution in [0.5, 0.6) is 0 Å². The molecule has 0 aromatic heterocycles. The molecule has 3 aliphatic rings. The summed E-state index contributed by atoms with van der Waals surface area (Å²) in [5.41, 5.74) is 2.61. The second-order valence-electron chi connectivity index (χ2n) is 8.02. The number of ether oxygens (including phenoxy) is 2. The lowest BCUT2D eigenvalue weighted by Gasteiger charge is -2.38. The van der Waals surface area contributed by atoms with E-state index in [0.717, 1.165) is 38.5 Å². The predicted octanol–water partition coefficient (Wildman–Crippen LogP) is 4.43. The van der Waals surface area contributed by atoms with Gasteiger partial charge in [0.05, 0.1) is 24.2 Å². The fourth-order valence-electron chi connectivity index (χ4n) is 4.39. The minimum Gasteiger partial charge on any atom is -0.465 e. The van der Waals surface area contributed by atoms with Crippen LogP contribution in [0.25, 0.3) is 0 Å². The average Bonchev–Trinajstić information content (AvgIpc) is 3.14. The summed E-state index contributed by atoms with van der Waals surface area (Å²) in [4.78, 5) is 12.4. The van der Waals surface area contributed by atoms with Gasteiger partial charge in [-0.05, 0) is 65.2 Å². The Labute approximate surface area is 140 Å². The first-order chi connectivity index (χ1) is 10.9. The highest BCUT2D eigenvalue weighted by Gasteiger charge is 2.53. The number of carbonyl (C=O) groups is 1. The summed E-state index contributed by atoms with van der Waals surface area (Å²) in [7, 11) is 0. The van der Waals surface area contributed by atoms with Crippen LogP contribution >= 0.6 is 0 Å². The molecule has 3 nitrogen and oxygen atoms in total. The van der Waals surface area contributed by atoms with Crippen molar-refractivity contribution in [3.8, 4) is 0 Å². The van der Waals surface area contributed by atoms with E-state index in [0.29, 0.717) is 24.5 Å². The number of hydrogen-bond donors (Lipinski definition) is 0. The molecule has 3 rings (SSSR count). The Balaban J connectivity index is 1.76. The molecule has 0 aromatic rings. The molecule has 0 N–H and O–H groups in total. The monoisotopic (exact) mass is 318 g/mol. The van der Waals surface area contributed by atoms with Crippen LogP contribution in [0.15, 0.2) is 23.8 Å². The molecule has 23 heavy (non-hydrogen) atoms. The van der Waals surface area contributed by atoms with Gasteiger partial charge in [-0.2, -0.15) is 0 Å². The van der Waals surface area contributed by atoms with Gasteiger partial charge in [0.2, 0.25) is 0 Å². The minimum atomic E-state index is -0.00104. The van der Waals surface area contributed by atoms with E-state index in [4.69, 9.17) is 9.47 Å². The van der Waals surface area contributed by atoms with E-state index >= 15 is 0 Å². The molecule has 1 aliphatic carbocycles. The Kier molecular flexibility index (Phi) is 4.68. The van der Waals surface area contributed by atoms with E-state index in [-0.39, 0.29) is 17.5 Å². The maximum Gasteiger partial charge on any atom is 0.309 e. The van der Waals surface area contributed by atoms with Gasteiger partial charge in [-0.3, -0.25) is 4.79 Å². The smallest absolute Gasteiger partial charge is 0.309 e. The van der Waals surface area contributed by atoms with Gasteiger partial charge in [0.25, 0.3) is 0 Å². The normalized spacial score (nSPS) is 40.0. The van der Waals surface area contributed by atoms with Crippen LogP contribution in [0.4, 0.5) is 0 Å². The van der Waals surface area contributed by atoms with Crippen LogP contribution in [0.1, 0.15) is 59.3 Å². The SMILES string of the molecule is C=C1CCC2O[C@@]2(C)CC[C@@H]2[C@H](CCC=C(C)C)C(=O)OC[C@@H]12. The number of esters is 1. The fraction of sp³-hybridized carbons (Fsp3) is 0.750. The van der Waals surface area contributed by atoms with Crippen molar-refractivity contribution in [2.75, 3.05) is 6.61 Å². The number of epoxide rings is 1. The lowest BCUT2D eigenvalue weighted by atomic mass is 9.72. The second-order valence-corrected chi connectivity index (χ2v) is 8.02. The zero-order valence-corrected chi connectivity index (χ0v) is 14.8. The Bertz CT molecular complexity index is 517. The van der Waals surface area contributed by atoms with Crippen molar-refractivity contribution in [3.63, 3.8) is 0 Å². The van der Waals surface area contributed by atoms with Gasteiger partial charge < -0.3 is 9.47 Å². The van der Waals surface area contributed by atoms with Crippen LogP contribution in [-0.2, 0) is 14.3 Å². The molecule has 0 amide bonds. The molecule has 2 heterocycles. The van der Waals surface area contributed by atoms with Gasteiger partial charge in [-0.15, -0.1) is 0 Å². The van der Waals surface area contributed by atoms with Crippen molar-refractivity contribution in [2.45, 2.75) is 71.0 Å². The van der Waals surface area contributed by atoms with Crippen LogP contribution in [0, 0.1) is 17.8 Å². The Morgan fingerprint density at radius 1 is 1.39 bits per heavy atom. The average molecular weight is 318 g/mol. The Morgan fingerprint density at radius 3 is 2.91 bits per heavy atom. The first-order valence-electron chi connectivity index (χ1n) is 9.06. The Hall–Kier alpha value is -1.09. The first kappa shape index (κ1) is 16.8. The third-order valence-electron chi connectivity index (χ3n) is 6.03. The van der Waals surface area contributed by atoms with Gasteiger partial charge in [0.15, 0.2) is 0 Å². The molecule has 1 unspecified atom stereocenters. The van der Waals surface area contributed by atoms with Crippen LogP contribution < -0.4 is 0 Å². The molecule has 3 heteroatoms. The topological polar surface area (TPSA) is 38.8 Å². The second kappa shape index (κ2) is 6.43. The van der Waals surface area contributed by atoms with Crippen molar-refractivity contribution >= 4 is 5.97 Å². The maximum absolute atomic E-state index is 12.4. The van der Waals surface area contributed by atoms with Crippen LogP contribution in [-0.4, -0.2) is 24.3 Å². The molecule has 2 aliphatic heterocycles. The molecule has 128 valence electrons. The summed E-state index contributed by atoms with van der Waals surface area (Å²) in [6, 6.07) is 0. The zero-order valence-electron chi connectivity index (χ0n) is 14.8. The summed E-state index contributed by atoms with van der Waals surface area (Å²) in [5.74, 6) is 0.721. The van der Waals surface area contributed by atoms with Crippen LogP contribution in [0.3, 0.4) is 0 Å². The highest BCUT2D eigenvalue weighted by molar-refractivity contribution is 5.73. The molecular formula is C20H30O3. The molecule has 0 radical (unpaired) electrons. The Morgan fingerprint density at radius 2 is 2.17 bits per heavy atom. The number of cyclic esters (lactones) is 1. The third-order valence-corrected chi connectivity index (χ3v) is 6.03. The van der Waals surface area contributed by atoms with Gasteiger partial charge in [-0.1, -0.05) is 23.8 Å². The maximum atomic E-state index is 12.4. The zero-order chi connectivity index (χ0) is 16.6. The van der Waals surface area contributed by atoms with Gasteiger partial charge in [0, 0.05) is 5.92 Å². The molecule has 1 saturated carbocycles. The van der Waals surface area contributed by atoms with E-state index < -0.39 is 0 Å². The van der Waals surface area contributed by atoms with Crippen LogP contribution in [0.2, 0.25) is 0 Å². The summed E-state index contributed by atoms with van der Waals surface area (Å²) < 4.78 is 11.5. The van der Waals surface area contributed by atoms with E-state index in [1.807, 2.05) is 0 Å². The lowest BCUT2D eigenvalue weighted by molar-refractivity contribution is -0.160. The number of carbonyl (C=O) groups excluding carboxylic acids is 1. The van der Waals surface area contributed by atoms with Crippen molar-refractivity contribution in [1.82, 2.24) is 0 Å². The standard InChI is InChI=1S/C20H30O3/c1-13(2)6-5-7-16-15-10-11-20(4)18(23-20)9-8-14(3)17(15)12-22-19(16)21/h6,15-18H,3,5,7-12H2,1-2,4H3/t15-,16+,17+,18?,20+/m1/s1. The van der Waals surface area contributed by atoms with E-state index in [9.17, 15) is 4.79 Å². The molecule has 5 atom stereocenters. The highest BCUT2D eigenvalue weighted by atomic mass is 16.6. The van der Waals surface area contributed by atoms with E-state index in [2.05, 4.69) is 33.4 Å². The van der Waals surface area contributed by atoms with E-state index in [1.54, 1.807) is 0 Å². The fourth-order valence-corrected chi connectivity index (χ4v) is 4.39. The quantitative estimate of drug-likeness (QED) is 0.439. The summed E-state index contributed by atoms with van der Waals surface area (Å²) in [6.45, 7) is 11.3. The summed E-state index contributed by atoms with van der Waals surface area (Å²) in [6.07, 6.45) is 8.62. The van der Waals surface area contributed by atoms with Crippen molar-refractivity contribution in [2.24, 2.45) is 17.8 Å². The number of rotatable bonds is 3.